The second-order valence-corrected chi connectivity index (χ2v) is 7.25. The van der Waals surface area contributed by atoms with Crippen LogP contribution in [0.15, 0.2) is 47.5 Å². The zero-order valence-electron chi connectivity index (χ0n) is 16.9. The van der Waals surface area contributed by atoms with Crippen molar-refractivity contribution in [3.63, 3.8) is 0 Å². The van der Waals surface area contributed by atoms with Crippen LogP contribution in [0, 0.1) is 5.82 Å². The molecule has 0 spiro atoms. The maximum Gasteiger partial charge on any atom is 0.419 e. The number of para-hydroxylation sites is 1. The van der Waals surface area contributed by atoms with Gasteiger partial charge in [0.2, 0.25) is 0 Å². The molecule has 166 valence electrons. The number of aromatic nitrogens is 1. The van der Waals surface area contributed by atoms with E-state index in [0.717, 1.165) is 6.07 Å². The van der Waals surface area contributed by atoms with Crippen LogP contribution in [0.5, 0.6) is 0 Å². The van der Waals surface area contributed by atoms with E-state index in [2.05, 4.69) is 4.99 Å². The van der Waals surface area contributed by atoms with Gasteiger partial charge in [-0.3, -0.25) is 19.1 Å². The van der Waals surface area contributed by atoms with Gasteiger partial charge in [0.05, 0.1) is 17.7 Å². The van der Waals surface area contributed by atoms with Crippen LogP contribution in [0.4, 0.5) is 17.6 Å². The van der Waals surface area contributed by atoms with Crippen LogP contribution in [-0.4, -0.2) is 35.8 Å². The lowest BCUT2D eigenvalue weighted by atomic mass is 9.99. The minimum absolute atomic E-state index is 0.111. The predicted octanol–water partition coefficient (Wildman–Crippen LogP) is 4.76. The van der Waals surface area contributed by atoms with Crippen LogP contribution in [0.1, 0.15) is 40.0 Å². The molecule has 9 heteroatoms. The van der Waals surface area contributed by atoms with Crippen LogP contribution < -0.4 is 0 Å². The number of hydrogen-bond acceptors (Lipinski definition) is 4. The summed E-state index contributed by atoms with van der Waals surface area (Å²) in [5.41, 5.74) is -0.457. The summed E-state index contributed by atoms with van der Waals surface area (Å²) in [5.74, 6) is -3.91. The van der Waals surface area contributed by atoms with Crippen LogP contribution in [-0.2, 0) is 22.1 Å². The normalized spacial score (nSPS) is 16.0. The molecular formula is C23H18F4N2O3. The van der Waals surface area contributed by atoms with Crippen molar-refractivity contribution < 1.29 is 31.9 Å². The number of fused-ring (bicyclic) bond motifs is 3. The SMILES string of the molecule is CCOC(=O)C1C=NCCc2c1n(C(=O)c1ccc(F)c(C(F)(F)F)c1)c1ccccc21. The molecule has 0 aliphatic carbocycles. The van der Waals surface area contributed by atoms with E-state index in [1.54, 1.807) is 31.2 Å². The molecular weight excluding hydrogens is 428 g/mol. The largest absolute Gasteiger partial charge is 0.465 e. The van der Waals surface area contributed by atoms with E-state index in [1.807, 2.05) is 0 Å². The van der Waals surface area contributed by atoms with E-state index in [4.69, 9.17) is 4.74 Å². The fourth-order valence-electron chi connectivity index (χ4n) is 3.97. The van der Waals surface area contributed by atoms with Crippen molar-refractivity contribution in [2.45, 2.75) is 25.4 Å². The number of carbonyl (C=O) groups is 2. The highest BCUT2D eigenvalue weighted by Gasteiger charge is 2.36. The number of benzene rings is 2. The number of halogens is 4. The number of rotatable bonds is 3. The van der Waals surface area contributed by atoms with Crippen molar-refractivity contribution >= 4 is 29.0 Å². The Hall–Kier alpha value is -3.49. The Morgan fingerprint density at radius 1 is 1.19 bits per heavy atom. The summed E-state index contributed by atoms with van der Waals surface area (Å²) in [6, 6.07) is 8.98. The lowest BCUT2D eigenvalue weighted by Crippen LogP contribution is -2.24. The number of alkyl halides is 3. The number of nitrogens with zero attached hydrogens (tertiary/aromatic N) is 2. The number of hydrogen-bond donors (Lipinski definition) is 0. The number of aliphatic imine (C=N–C) groups is 1. The standard InChI is InChI=1S/C23H18F4N2O3/c1-2-32-22(31)16-12-28-10-9-15-14-5-3-4-6-19(14)29(20(15)16)21(30)13-7-8-18(24)17(11-13)23(25,26)27/h3-8,11-12,16H,2,9-10H2,1H3. The van der Waals surface area contributed by atoms with Crippen LogP contribution in [0.3, 0.4) is 0 Å². The van der Waals surface area contributed by atoms with Crippen molar-refractivity contribution in [3.8, 4) is 0 Å². The summed E-state index contributed by atoms with van der Waals surface area (Å²) in [5, 5.41) is 0.689. The van der Waals surface area contributed by atoms with Crippen LogP contribution in [0.2, 0.25) is 0 Å². The van der Waals surface area contributed by atoms with Gasteiger partial charge in [-0.15, -0.1) is 0 Å². The van der Waals surface area contributed by atoms with Crippen LogP contribution in [0.25, 0.3) is 10.9 Å². The summed E-state index contributed by atoms with van der Waals surface area (Å²) < 4.78 is 59.9. The number of carbonyl (C=O) groups excluding carboxylic acids is 2. The summed E-state index contributed by atoms with van der Waals surface area (Å²) in [7, 11) is 0. The molecule has 32 heavy (non-hydrogen) atoms. The van der Waals surface area contributed by atoms with E-state index in [9.17, 15) is 27.2 Å². The average Bonchev–Trinajstić information content (AvgIpc) is 2.91. The third-order valence-corrected chi connectivity index (χ3v) is 5.32. The highest BCUT2D eigenvalue weighted by Crippen LogP contribution is 2.36. The fraction of sp³-hybridized carbons (Fsp3) is 0.261. The third kappa shape index (κ3) is 3.68. The molecule has 1 aliphatic rings. The Labute approximate surface area is 180 Å². The van der Waals surface area contributed by atoms with Gasteiger partial charge in [-0.25, -0.2) is 4.39 Å². The highest BCUT2D eigenvalue weighted by atomic mass is 19.4. The second kappa shape index (κ2) is 8.22. The highest BCUT2D eigenvalue weighted by molar-refractivity contribution is 6.07. The summed E-state index contributed by atoms with van der Waals surface area (Å²) in [4.78, 5) is 30.4. The Bertz CT molecular complexity index is 1240. The van der Waals surface area contributed by atoms with Crippen molar-refractivity contribution in [1.82, 2.24) is 4.57 Å². The summed E-state index contributed by atoms with van der Waals surface area (Å²) >= 11 is 0. The van der Waals surface area contributed by atoms with Crippen LogP contribution >= 0.6 is 0 Å². The van der Waals surface area contributed by atoms with Crippen molar-refractivity contribution in [3.05, 3.63) is 70.7 Å². The topological polar surface area (TPSA) is 60.7 Å². The maximum absolute atomic E-state index is 13.8. The van der Waals surface area contributed by atoms with E-state index in [1.165, 1.54) is 10.8 Å². The lowest BCUT2D eigenvalue weighted by molar-refractivity contribution is -0.143. The van der Waals surface area contributed by atoms with Gasteiger partial charge in [-0.1, -0.05) is 18.2 Å². The van der Waals surface area contributed by atoms with Gasteiger partial charge in [0.1, 0.15) is 11.7 Å². The number of esters is 1. The Morgan fingerprint density at radius 2 is 1.94 bits per heavy atom. The number of ether oxygens (including phenoxy) is 1. The molecule has 0 saturated heterocycles. The zero-order chi connectivity index (χ0) is 23.0. The maximum atomic E-state index is 13.8. The van der Waals surface area contributed by atoms with E-state index in [0.29, 0.717) is 47.3 Å². The molecule has 1 aliphatic heterocycles. The molecule has 2 aromatic carbocycles. The van der Waals surface area contributed by atoms with Gasteiger partial charge in [0, 0.05) is 29.4 Å². The van der Waals surface area contributed by atoms with Gasteiger partial charge in [-0.05, 0) is 43.2 Å². The minimum atomic E-state index is -4.96. The minimum Gasteiger partial charge on any atom is -0.465 e. The van der Waals surface area contributed by atoms with Gasteiger partial charge in [0.25, 0.3) is 5.91 Å². The molecule has 0 fully saturated rings. The van der Waals surface area contributed by atoms with Gasteiger partial charge < -0.3 is 4.74 Å². The molecule has 4 rings (SSSR count). The first-order valence-electron chi connectivity index (χ1n) is 9.94. The molecule has 0 saturated carbocycles. The first-order chi connectivity index (χ1) is 15.2. The molecule has 1 aromatic heterocycles. The Balaban J connectivity index is 1.97. The average molecular weight is 446 g/mol. The van der Waals surface area contributed by atoms with E-state index >= 15 is 0 Å². The molecule has 2 heterocycles. The van der Waals surface area contributed by atoms with E-state index in [-0.39, 0.29) is 12.2 Å². The molecule has 0 amide bonds. The molecule has 1 unspecified atom stereocenters. The van der Waals surface area contributed by atoms with Crippen molar-refractivity contribution in [2.75, 3.05) is 13.2 Å². The monoisotopic (exact) mass is 446 g/mol. The summed E-state index contributed by atoms with van der Waals surface area (Å²) in [6.45, 7) is 2.13. The van der Waals surface area contributed by atoms with Gasteiger partial charge >= 0.3 is 12.1 Å². The molecule has 5 nitrogen and oxygen atoms in total. The smallest absolute Gasteiger partial charge is 0.419 e. The zero-order valence-corrected chi connectivity index (χ0v) is 16.9. The Kier molecular flexibility index (Phi) is 5.58. The molecule has 3 aromatic rings. The summed E-state index contributed by atoms with van der Waals surface area (Å²) in [6.07, 6.45) is -3.13. The molecule has 0 N–H and O–H groups in total. The first kappa shape index (κ1) is 21.7. The predicted molar refractivity (Wildman–Crippen MR) is 110 cm³/mol. The fourth-order valence-corrected chi connectivity index (χ4v) is 3.97. The first-order valence-corrected chi connectivity index (χ1v) is 9.94. The third-order valence-electron chi connectivity index (χ3n) is 5.32. The van der Waals surface area contributed by atoms with Crippen molar-refractivity contribution in [1.29, 1.82) is 0 Å². The van der Waals surface area contributed by atoms with Gasteiger partial charge in [0.15, 0.2) is 0 Å². The van der Waals surface area contributed by atoms with Gasteiger partial charge in [-0.2, -0.15) is 13.2 Å². The lowest BCUT2D eigenvalue weighted by Gasteiger charge is -2.16. The molecule has 1 atom stereocenters. The van der Waals surface area contributed by atoms with E-state index < -0.39 is 35.4 Å². The molecule has 0 radical (unpaired) electrons. The second-order valence-electron chi connectivity index (χ2n) is 7.25. The molecule has 0 bridgehead atoms. The van der Waals surface area contributed by atoms with Crippen molar-refractivity contribution in [2.24, 2.45) is 4.99 Å². The Morgan fingerprint density at radius 3 is 2.66 bits per heavy atom. The quantitative estimate of drug-likeness (QED) is 0.431.